The maximum absolute atomic E-state index is 9.88. The van der Waals surface area contributed by atoms with Crippen LogP contribution in [0.1, 0.15) is 71.9 Å². The van der Waals surface area contributed by atoms with E-state index in [4.69, 9.17) is 51.1 Å². The minimum atomic E-state index is -0.496. The van der Waals surface area contributed by atoms with Gasteiger partial charge in [0.25, 0.3) is 0 Å². The number of phenols is 1. The third-order valence-corrected chi connectivity index (χ3v) is 7.56. The first-order chi connectivity index (χ1) is 14.4. The van der Waals surface area contributed by atoms with Crippen LogP contribution in [0.4, 0.5) is 0 Å². The molecule has 0 amide bonds. The van der Waals surface area contributed by atoms with Crippen molar-refractivity contribution in [2.24, 2.45) is 11.8 Å². The fraction of sp³-hybridized carbons (Fsp3) is 0.520. The van der Waals surface area contributed by atoms with E-state index < -0.39 is 5.41 Å². The number of hydrogen-bond acceptors (Lipinski definition) is 2. The van der Waals surface area contributed by atoms with Gasteiger partial charge in [-0.3, -0.25) is 0 Å². The number of aromatic hydroxyl groups is 1. The molecule has 31 heavy (non-hydrogen) atoms. The molecule has 0 saturated carbocycles. The van der Waals surface area contributed by atoms with E-state index in [1.807, 2.05) is 32.9 Å². The fourth-order valence-electron chi connectivity index (χ4n) is 3.57. The molecule has 2 rings (SSSR count). The zero-order chi connectivity index (χ0) is 23.5. The topological polar surface area (TPSA) is 29.5 Å². The summed E-state index contributed by atoms with van der Waals surface area (Å²) in [5, 5.41) is 11.2. The second kappa shape index (κ2) is 10.9. The maximum atomic E-state index is 9.88. The standard InChI is InChI=1S/C25H32Cl4O2/c1-7-14(2)15(3)8-9-16(4)31-24-21(28)12-18(13-22(24)29)25(5,6)17-10-19(26)23(30)20(27)11-17/h10-16,30H,7-9H2,1-6H3. The molecule has 0 aliphatic rings. The SMILES string of the molecule is CCC(C)C(C)CCC(C)Oc1c(Cl)cc(C(C)(C)c2cc(Cl)c(O)c(Cl)c2)cc1Cl. The van der Waals surface area contributed by atoms with Gasteiger partial charge in [-0.25, -0.2) is 0 Å². The molecule has 0 fully saturated rings. The molecule has 0 aromatic heterocycles. The van der Waals surface area contributed by atoms with Crippen LogP contribution in [0.15, 0.2) is 24.3 Å². The van der Waals surface area contributed by atoms with E-state index in [-0.39, 0.29) is 21.9 Å². The van der Waals surface area contributed by atoms with Gasteiger partial charge in [-0.05, 0) is 67.0 Å². The highest BCUT2D eigenvalue weighted by Gasteiger charge is 2.27. The molecule has 0 spiro atoms. The van der Waals surface area contributed by atoms with Crippen LogP contribution in [0.3, 0.4) is 0 Å². The van der Waals surface area contributed by atoms with Crippen molar-refractivity contribution in [1.82, 2.24) is 0 Å². The third kappa shape index (κ3) is 6.38. The van der Waals surface area contributed by atoms with Crippen molar-refractivity contribution in [3.8, 4) is 11.5 Å². The minimum Gasteiger partial charge on any atom is -0.505 e. The monoisotopic (exact) mass is 504 g/mol. The van der Waals surface area contributed by atoms with Gasteiger partial charge in [-0.1, -0.05) is 87.4 Å². The van der Waals surface area contributed by atoms with Gasteiger partial charge < -0.3 is 9.84 Å². The largest absolute Gasteiger partial charge is 0.505 e. The second-order valence-corrected chi connectivity index (χ2v) is 10.7. The summed E-state index contributed by atoms with van der Waals surface area (Å²) in [5.41, 5.74) is 1.24. The van der Waals surface area contributed by atoms with Gasteiger partial charge in [0.2, 0.25) is 0 Å². The average Bonchev–Trinajstić information content (AvgIpc) is 2.71. The molecule has 0 bridgehead atoms. The quantitative estimate of drug-likeness (QED) is 0.367. The zero-order valence-electron chi connectivity index (χ0n) is 19.0. The van der Waals surface area contributed by atoms with Gasteiger partial charge in [0.1, 0.15) is 0 Å². The summed E-state index contributed by atoms with van der Waals surface area (Å²) in [6.45, 7) is 12.9. The molecular weight excluding hydrogens is 474 g/mol. The van der Waals surface area contributed by atoms with E-state index in [0.29, 0.717) is 27.6 Å². The molecular formula is C25H32Cl4O2. The van der Waals surface area contributed by atoms with Gasteiger partial charge in [-0.2, -0.15) is 0 Å². The van der Waals surface area contributed by atoms with E-state index in [9.17, 15) is 5.11 Å². The summed E-state index contributed by atoms with van der Waals surface area (Å²) in [7, 11) is 0. The lowest BCUT2D eigenvalue weighted by atomic mass is 9.78. The summed E-state index contributed by atoms with van der Waals surface area (Å²) >= 11 is 25.5. The lowest BCUT2D eigenvalue weighted by molar-refractivity contribution is 0.191. The van der Waals surface area contributed by atoms with E-state index >= 15 is 0 Å². The second-order valence-electron chi connectivity index (χ2n) is 9.05. The van der Waals surface area contributed by atoms with Gasteiger partial charge in [0.05, 0.1) is 26.2 Å². The van der Waals surface area contributed by atoms with Crippen LogP contribution in [-0.2, 0) is 5.41 Å². The highest BCUT2D eigenvalue weighted by Crippen LogP contribution is 2.43. The molecule has 0 aliphatic carbocycles. The summed E-state index contributed by atoms with van der Waals surface area (Å²) < 4.78 is 6.13. The Balaban J connectivity index is 2.23. The van der Waals surface area contributed by atoms with Crippen LogP contribution in [-0.4, -0.2) is 11.2 Å². The van der Waals surface area contributed by atoms with Crippen LogP contribution < -0.4 is 4.74 Å². The zero-order valence-corrected chi connectivity index (χ0v) is 22.1. The van der Waals surface area contributed by atoms with E-state index in [2.05, 4.69) is 20.8 Å². The van der Waals surface area contributed by atoms with Crippen LogP contribution >= 0.6 is 46.4 Å². The molecule has 3 unspecified atom stereocenters. The molecule has 0 radical (unpaired) electrons. The van der Waals surface area contributed by atoms with Crippen molar-refractivity contribution >= 4 is 46.4 Å². The first-order valence-electron chi connectivity index (χ1n) is 10.7. The summed E-state index contributed by atoms with van der Waals surface area (Å²) in [5.74, 6) is 1.73. The molecule has 0 aliphatic heterocycles. The van der Waals surface area contributed by atoms with Gasteiger partial charge in [-0.15, -0.1) is 0 Å². The maximum Gasteiger partial charge on any atom is 0.156 e. The lowest BCUT2D eigenvalue weighted by Crippen LogP contribution is -2.20. The van der Waals surface area contributed by atoms with Crippen LogP contribution in [0.2, 0.25) is 20.1 Å². The summed E-state index contributed by atoms with van der Waals surface area (Å²) in [4.78, 5) is 0. The van der Waals surface area contributed by atoms with Crippen molar-refractivity contribution < 1.29 is 9.84 Å². The predicted molar refractivity (Wildman–Crippen MR) is 135 cm³/mol. The first-order valence-corrected chi connectivity index (χ1v) is 12.2. The number of hydrogen-bond donors (Lipinski definition) is 1. The van der Waals surface area contributed by atoms with Crippen molar-refractivity contribution in [2.45, 2.75) is 72.3 Å². The van der Waals surface area contributed by atoms with E-state index in [1.54, 1.807) is 12.1 Å². The Kier molecular flexibility index (Phi) is 9.28. The van der Waals surface area contributed by atoms with Gasteiger partial charge >= 0.3 is 0 Å². The van der Waals surface area contributed by atoms with E-state index in [1.165, 1.54) is 6.42 Å². The van der Waals surface area contributed by atoms with Crippen molar-refractivity contribution in [2.75, 3.05) is 0 Å². The Bertz CT molecular complexity index is 864. The van der Waals surface area contributed by atoms with Crippen molar-refractivity contribution in [3.05, 3.63) is 55.5 Å². The number of ether oxygens (including phenoxy) is 1. The van der Waals surface area contributed by atoms with Crippen LogP contribution in [0, 0.1) is 11.8 Å². The summed E-state index contributed by atoms with van der Waals surface area (Å²) in [6, 6.07) is 7.14. The van der Waals surface area contributed by atoms with Crippen LogP contribution in [0.25, 0.3) is 0 Å². The minimum absolute atomic E-state index is 0.00933. The number of phenolic OH excluding ortho intramolecular Hbond substituents is 1. The Morgan fingerprint density at radius 2 is 1.26 bits per heavy atom. The van der Waals surface area contributed by atoms with Crippen LogP contribution in [0.5, 0.6) is 11.5 Å². The third-order valence-electron chi connectivity index (χ3n) is 6.42. The molecule has 3 atom stereocenters. The lowest BCUT2D eigenvalue weighted by Gasteiger charge is -2.28. The molecule has 0 heterocycles. The van der Waals surface area contributed by atoms with Gasteiger partial charge in [0.15, 0.2) is 11.5 Å². The normalized spacial score (nSPS) is 14.9. The number of halogens is 4. The molecule has 172 valence electrons. The molecule has 2 aromatic carbocycles. The predicted octanol–water partition coefficient (Wildman–Crippen LogP) is 9.56. The highest BCUT2D eigenvalue weighted by atomic mass is 35.5. The fourth-order valence-corrected chi connectivity index (χ4v) is 4.63. The van der Waals surface area contributed by atoms with Crippen molar-refractivity contribution in [1.29, 1.82) is 0 Å². The average molecular weight is 506 g/mol. The molecule has 2 nitrogen and oxygen atoms in total. The Morgan fingerprint density at radius 1 is 0.806 bits per heavy atom. The first kappa shape index (κ1) is 26.5. The Labute approximate surface area is 206 Å². The summed E-state index contributed by atoms with van der Waals surface area (Å²) in [6.07, 6.45) is 3.23. The molecule has 0 saturated heterocycles. The van der Waals surface area contributed by atoms with Gasteiger partial charge in [0, 0.05) is 5.41 Å². The smallest absolute Gasteiger partial charge is 0.156 e. The molecule has 1 N–H and O–H groups in total. The highest BCUT2D eigenvalue weighted by molar-refractivity contribution is 6.38. The number of rotatable bonds is 9. The van der Waals surface area contributed by atoms with E-state index in [0.717, 1.165) is 24.0 Å². The Morgan fingerprint density at radius 3 is 1.71 bits per heavy atom. The molecule has 6 heteroatoms. The Hall–Kier alpha value is -0.800. The number of benzene rings is 2. The molecule has 2 aromatic rings. The van der Waals surface area contributed by atoms with Crippen molar-refractivity contribution in [3.63, 3.8) is 0 Å².